The molecule has 9 aromatic rings. The number of hydrogen-bond acceptors (Lipinski definition) is 2. The van der Waals surface area contributed by atoms with Gasteiger partial charge in [-0.15, -0.1) is 0 Å². The summed E-state index contributed by atoms with van der Waals surface area (Å²) in [6.45, 7) is 0. The SMILES string of the molecule is c1ccc(-c2nc(-c3ccc(-c4ccc5c(c4)C4(c6ccccc6-c6ccccc64)c4ccccc4-5)c4ccccc34)nc3ccccc23)cc1. The van der Waals surface area contributed by atoms with Crippen molar-refractivity contribution in [1.82, 2.24) is 9.97 Å². The summed E-state index contributed by atoms with van der Waals surface area (Å²) in [5.74, 6) is 0.734. The zero-order valence-corrected chi connectivity index (χ0v) is 27.7. The largest absolute Gasteiger partial charge is 0.228 e. The molecule has 0 atom stereocenters. The van der Waals surface area contributed by atoms with Crippen LogP contribution < -0.4 is 0 Å². The second kappa shape index (κ2) is 10.7. The van der Waals surface area contributed by atoms with E-state index in [4.69, 9.17) is 9.97 Å². The fraction of sp³-hybridized carbons (Fsp3) is 0.0204. The van der Waals surface area contributed by atoms with E-state index in [2.05, 4.69) is 176 Å². The molecule has 2 heteroatoms. The quantitative estimate of drug-likeness (QED) is 0.191. The molecular weight excluding hydrogens is 617 g/mol. The van der Waals surface area contributed by atoms with E-state index >= 15 is 0 Å². The van der Waals surface area contributed by atoms with Crippen LogP contribution in [-0.4, -0.2) is 9.97 Å². The van der Waals surface area contributed by atoms with Gasteiger partial charge in [0, 0.05) is 16.5 Å². The smallest absolute Gasteiger partial charge is 0.161 e. The van der Waals surface area contributed by atoms with Crippen molar-refractivity contribution in [2.24, 2.45) is 0 Å². The first-order chi connectivity index (χ1) is 25.3. The summed E-state index contributed by atoms with van der Waals surface area (Å²) >= 11 is 0. The van der Waals surface area contributed by atoms with Crippen LogP contribution >= 0.6 is 0 Å². The van der Waals surface area contributed by atoms with Gasteiger partial charge in [0.25, 0.3) is 0 Å². The molecule has 11 rings (SSSR count). The van der Waals surface area contributed by atoms with Gasteiger partial charge >= 0.3 is 0 Å². The second-order valence-corrected chi connectivity index (χ2v) is 13.6. The van der Waals surface area contributed by atoms with Gasteiger partial charge in [-0.25, -0.2) is 9.97 Å². The molecule has 2 nitrogen and oxygen atoms in total. The van der Waals surface area contributed by atoms with Gasteiger partial charge in [0.15, 0.2) is 5.82 Å². The predicted octanol–water partition coefficient (Wildman–Crippen LogP) is 12.1. The molecule has 0 radical (unpaired) electrons. The highest BCUT2D eigenvalue weighted by molar-refractivity contribution is 6.06. The van der Waals surface area contributed by atoms with Crippen LogP contribution in [0.4, 0.5) is 0 Å². The van der Waals surface area contributed by atoms with Crippen LogP contribution in [0.25, 0.3) is 77.7 Å². The minimum absolute atomic E-state index is 0.377. The molecule has 1 heterocycles. The highest BCUT2D eigenvalue weighted by atomic mass is 14.9. The molecule has 0 unspecified atom stereocenters. The van der Waals surface area contributed by atoms with Crippen LogP contribution in [0.3, 0.4) is 0 Å². The Hall–Kier alpha value is -6.64. The lowest BCUT2D eigenvalue weighted by Crippen LogP contribution is -2.25. The van der Waals surface area contributed by atoms with E-state index in [0.29, 0.717) is 0 Å². The molecule has 0 saturated carbocycles. The monoisotopic (exact) mass is 646 g/mol. The molecule has 1 aromatic heterocycles. The van der Waals surface area contributed by atoms with Crippen molar-refractivity contribution in [3.05, 3.63) is 204 Å². The van der Waals surface area contributed by atoms with Crippen LogP contribution in [0.5, 0.6) is 0 Å². The fourth-order valence-electron chi connectivity index (χ4n) is 9.02. The topological polar surface area (TPSA) is 25.8 Å². The lowest BCUT2D eigenvalue weighted by molar-refractivity contribution is 0.794. The molecule has 51 heavy (non-hydrogen) atoms. The van der Waals surface area contributed by atoms with E-state index in [1.807, 2.05) is 6.07 Å². The maximum atomic E-state index is 5.24. The van der Waals surface area contributed by atoms with E-state index < -0.39 is 0 Å². The number of hydrogen-bond donors (Lipinski definition) is 0. The molecule has 1 spiro atoms. The van der Waals surface area contributed by atoms with Crippen molar-refractivity contribution in [3.8, 4) is 56.0 Å². The number of fused-ring (bicyclic) bond motifs is 12. The Balaban J connectivity index is 1.14. The lowest BCUT2D eigenvalue weighted by atomic mass is 9.70. The third kappa shape index (κ3) is 3.87. The standard InChI is InChI=1S/C49H30N2/c1-2-14-31(15-3-1)47-41-21-9-13-25-46(41)50-48(51-47)40-29-28-33(34-16-4-5-17-35(34)40)32-26-27-39-38-20-8-12-24-44(38)49(45(39)30-32)42-22-10-6-18-36(42)37-19-7-11-23-43(37)49/h1-30H. The summed E-state index contributed by atoms with van der Waals surface area (Å²) in [5.41, 5.74) is 16.7. The molecule has 2 aliphatic carbocycles. The number of aromatic nitrogens is 2. The molecule has 236 valence electrons. The molecule has 8 aromatic carbocycles. The van der Waals surface area contributed by atoms with Gasteiger partial charge in [-0.2, -0.15) is 0 Å². The van der Waals surface area contributed by atoms with E-state index in [0.717, 1.165) is 38.9 Å². The fourth-order valence-corrected chi connectivity index (χ4v) is 9.02. The molecule has 0 bridgehead atoms. The average molecular weight is 647 g/mol. The van der Waals surface area contributed by atoms with Crippen LogP contribution in [-0.2, 0) is 5.41 Å². The van der Waals surface area contributed by atoms with Crippen molar-refractivity contribution < 1.29 is 0 Å². The van der Waals surface area contributed by atoms with Crippen LogP contribution in [0.2, 0.25) is 0 Å². The van der Waals surface area contributed by atoms with Crippen LogP contribution in [0, 0.1) is 0 Å². The first-order valence-electron chi connectivity index (χ1n) is 17.6. The predicted molar refractivity (Wildman–Crippen MR) is 210 cm³/mol. The summed E-state index contributed by atoms with van der Waals surface area (Å²) in [5, 5.41) is 3.38. The molecule has 0 fully saturated rings. The minimum atomic E-state index is -0.377. The highest BCUT2D eigenvalue weighted by Gasteiger charge is 2.51. The summed E-state index contributed by atoms with van der Waals surface area (Å²) < 4.78 is 0. The Labute approximate surface area is 296 Å². The van der Waals surface area contributed by atoms with Gasteiger partial charge in [-0.05, 0) is 84.6 Å². The summed E-state index contributed by atoms with van der Waals surface area (Å²) in [6.07, 6.45) is 0. The lowest BCUT2D eigenvalue weighted by Gasteiger charge is -2.30. The average Bonchev–Trinajstić information content (AvgIpc) is 3.67. The zero-order chi connectivity index (χ0) is 33.5. The molecule has 0 aliphatic heterocycles. The number of para-hydroxylation sites is 1. The highest BCUT2D eigenvalue weighted by Crippen LogP contribution is 2.63. The van der Waals surface area contributed by atoms with Crippen LogP contribution in [0.15, 0.2) is 182 Å². The first-order valence-corrected chi connectivity index (χ1v) is 17.6. The van der Waals surface area contributed by atoms with Gasteiger partial charge < -0.3 is 0 Å². The van der Waals surface area contributed by atoms with E-state index in [1.165, 1.54) is 61.0 Å². The molecular formula is C49H30N2. The van der Waals surface area contributed by atoms with E-state index in [-0.39, 0.29) is 5.41 Å². The van der Waals surface area contributed by atoms with Crippen LogP contribution in [0.1, 0.15) is 22.3 Å². The number of benzene rings is 8. The van der Waals surface area contributed by atoms with Crippen molar-refractivity contribution in [3.63, 3.8) is 0 Å². The van der Waals surface area contributed by atoms with Gasteiger partial charge in [-0.3, -0.25) is 0 Å². The Bertz CT molecular complexity index is 2800. The molecule has 0 amide bonds. The summed E-state index contributed by atoms with van der Waals surface area (Å²) in [6, 6.07) is 66.1. The third-order valence-corrected chi connectivity index (χ3v) is 11.1. The maximum absolute atomic E-state index is 5.24. The molecule has 0 N–H and O–H groups in total. The Kier molecular flexibility index (Phi) is 5.91. The van der Waals surface area contributed by atoms with Gasteiger partial charge in [0.1, 0.15) is 0 Å². The summed E-state index contributed by atoms with van der Waals surface area (Å²) in [7, 11) is 0. The van der Waals surface area contributed by atoms with Gasteiger partial charge in [0.2, 0.25) is 0 Å². The van der Waals surface area contributed by atoms with Crippen molar-refractivity contribution >= 4 is 21.7 Å². The normalized spacial score (nSPS) is 13.3. The number of rotatable bonds is 3. The van der Waals surface area contributed by atoms with E-state index in [1.54, 1.807) is 0 Å². The third-order valence-electron chi connectivity index (χ3n) is 11.1. The molecule has 0 saturated heterocycles. The van der Waals surface area contributed by atoms with Gasteiger partial charge in [-0.1, -0.05) is 164 Å². The zero-order valence-electron chi connectivity index (χ0n) is 27.7. The second-order valence-electron chi connectivity index (χ2n) is 13.6. The van der Waals surface area contributed by atoms with Crippen molar-refractivity contribution in [2.75, 3.05) is 0 Å². The van der Waals surface area contributed by atoms with Gasteiger partial charge in [0.05, 0.1) is 16.6 Å². The van der Waals surface area contributed by atoms with Crippen molar-refractivity contribution in [2.45, 2.75) is 5.41 Å². The minimum Gasteiger partial charge on any atom is -0.228 e. The Morgan fingerprint density at radius 2 is 0.804 bits per heavy atom. The number of nitrogens with zero attached hydrogens (tertiary/aromatic N) is 2. The molecule has 2 aliphatic rings. The van der Waals surface area contributed by atoms with Crippen molar-refractivity contribution in [1.29, 1.82) is 0 Å². The Morgan fingerprint density at radius 3 is 1.47 bits per heavy atom. The first kappa shape index (κ1) is 28.2. The Morgan fingerprint density at radius 1 is 0.314 bits per heavy atom. The summed E-state index contributed by atoms with van der Waals surface area (Å²) in [4.78, 5) is 10.4. The maximum Gasteiger partial charge on any atom is 0.161 e. The van der Waals surface area contributed by atoms with E-state index in [9.17, 15) is 0 Å².